The summed E-state index contributed by atoms with van der Waals surface area (Å²) in [6, 6.07) is 7.49. The number of amides is 1. The maximum absolute atomic E-state index is 12.4. The molecule has 1 spiro atoms. The molecule has 2 aliphatic rings. The summed E-state index contributed by atoms with van der Waals surface area (Å²) in [5.74, 6) is -0.0958. The summed E-state index contributed by atoms with van der Waals surface area (Å²) in [7, 11) is -3.49. The third kappa shape index (κ3) is 2.88. The Bertz CT molecular complexity index is 810. The number of allylic oxidation sites excluding steroid dienone is 1. The minimum absolute atomic E-state index is 0.0266. The van der Waals surface area contributed by atoms with Crippen molar-refractivity contribution in [1.29, 1.82) is 0 Å². The lowest BCUT2D eigenvalue weighted by molar-refractivity contribution is -0.167. The van der Waals surface area contributed by atoms with Gasteiger partial charge in [0.25, 0.3) is 0 Å². The molecule has 3 rings (SSSR count). The first-order chi connectivity index (χ1) is 12.3. The first-order valence-electron chi connectivity index (χ1n) is 8.89. The van der Waals surface area contributed by atoms with E-state index in [1.54, 1.807) is 11.8 Å². The van der Waals surface area contributed by atoms with Gasteiger partial charge >= 0.3 is 0 Å². The lowest BCUT2D eigenvalue weighted by Gasteiger charge is -2.69. The molecule has 6 nitrogen and oxygen atoms in total. The number of carbonyl (C=O) groups excluding carboxylic acids is 1. The quantitative estimate of drug-likeness (QED) is 0.841. The van der Waals surface area contributed by atoms with Crippen LogP contribution in [0.3, 0.4) is 0 Å². The smallest absolute Gasteiger partial charge is 0.222 e. The summed E-state index contributed by atoms with van der Waals surface area (Å²) >= 11 is 0. The molecule has 0 saturated carbocycles. The molecule has 0 radical (unpaired) electrons. The van der Waals surface area contributed by atoms with Crippen LogP contribution >= 0.6 is 0 Å². The van der Waals surface area contributed by atoms with Gasteiger partial charge in [-0.1, -0.05) is 43.3 Å². The predicted molar refractivity (Wildman–Crippen MR) is 101 cm³/mol. The molecule has 2 atom stereocenters. The topological polar surface area (TPSA) is 77.9 Å². The Balaban J connectivity index is 1.95. The monoisotopic (exact) mass is 378 g/mol. The van der Waals surface area contributed by atoms with Gasteiger partial charge in [-0.25, -0.2) is 8.42 Å². The number of rotatable bonds is 5. The van der Waals surface area contributed by atoms with Crippen LogP contribution in [0.1, 0.15) is 37.3 Å². The average Bonchev–Trinajstić information content (AvgIpc) is 2.53. The first kappa shape index (κ1) is 19.1. The van der Waals surface area contributed by atoms with Crippen LogP contribution in [0.4, 0.5) is 0 Å². The number of sulfonamides is 1. The van der Waals surface area contributed by atoms with Crippen LogP contribution in [0.25, 0.3) is 6.08 Å². The fourth-order valence-electron chi connectivity index (χ4n) is 4.52. The highest BCUT2D eigenvalue weighted by Crippen LogP contribution is 2.55. The Labute approximate surface area is 155 Å². The van der Waals surface area contributed by atoms with Gasteiger partial charge in [0.15, 0.2) is 0 Å². The van der Waals surface area contributed by atoms with E-state index < -0.39 is 21.6 Å². The minimum Gasteiger partial charge on any atom is -0.395 e. The second kappa shape index (κ2) is 6.79. The Kier molecular flexibility index (Phi) is 4.98. The van der Waals surface area contributed by atoms with E-state index in [9.17, 15) is 18.3 Å². The molecule has 0 aliphatic carbocycles. The van der Waals surface area contributed by atoms with Gasteiger partial charge in [0.2, 0.25) is 15.9 Å². The fourth-order valence-corrected chi connectivity index (χ4v) is 6.09. The summed E-state index contributed by atoms with van der Waals surface area (Å²) in [5.41, 5.74) is 1.43. The third-order valence-electron chi connectivity index (χ3n) is 5.49. The van der Waals surface area contributed by atoms with E-state index >= 15 is 0 Å². The van der Waals surface area contributed by atoms with Gasteiger partial charge in [-0.05, 0) is 18.1 Å². The van der Waals surface area contributed by atoms with Crippen LogP contribution in [-0.4, -0.2) is 66.2 Å². The number of likely N-dealkylation sites (tertiary alicyclic amines) is 1. The van der Waals surface area contributed by atoms with Crippen molar-refractivity contribution in [3.05, 3.63) is 41.5 Å². The van der Waals surface area contributed by atoms with Gasteiger partial charge in [0.05, 0.1) is 24.4 Å². The SMILES string of the molecule is CC=Cc1ccc([C@@H]2[C@H](CO)N(S(C)(=O)=O)C23CN(C(=O)CC)C3)cc1. The van der Waals surface area contributed by atoms with Crippen LogP contribution < -0.4 is 0 Å². The zero-order chi connectivity index (χ0) is 19.1. The summed E-state index contributed by atoms with van der Waals surface area (Å²) < 4.78 is 26.1. The summed E-state index contributed by atoms with van der Waals surface area (Å²) in [6.45, 7) is 4.28. The molecule has 2 fully saturated rings. The molecule has 1 amide bonds. The normalized spacial score (nSPS) is 25.3. The van der Waals surface area contributed by atoms with Crippen LogP contribution in [0, 0.1) is 0 Å². The maximum Gasteiger partial charge on any atom is 0.222 e. The molecule has 2 heterocycles. The van der Waals surface area contributed by atoms with Crippen molar-refractivity contribution in [3.63, 3.8) is 0 Å². The largest absolute Gasteiger partial charge is 0.395 e. The van der Waals surface area contributed by atoms with E-state index in [0.717, 1.165) is 11.1 Å². The van der Waals surface area contributed by atoms with Gasteiger partial charge in [0.1, 0.15) is 0 Å². The van der Waals surface area contributed by atoms with Crippen LogP contribution in [0.15, 0.2) is 30.3 Å². The van der Waals surface area contributed by atoms with E-state index in [1.165, 1.54) is 10.6 Å². The number of aliphatic hydroxyl groups excluding tert-OH is 1. The molecule has 0 unspecified atom stereocenters. The van der Waals surface area contributed by atoms with Crippen molar-refractivity contribution in [2.75, 3.05) is 26.0 Å². The molecule has 142 valence electrons. The summed E-state index contributed by atoms with van der Waals surface area (Å²) in [4.78, 5) is 13.7. The Morgan fingerprint density at radius 1 is 1.31 bits per heavy atom. The number of carbonyl (C=O) groups is 1. The van der Waals surface area contributed by atoms with Crippen molar-refractivity contribution in [2.24, 2.45) is 0 Å². The van der Waals surface area contributed by atoms with Gasteiger partial charge < -0.3 is 10.0 Å². The zero-order valence-electron chi connectivity index (χ0n) is 15.4. The molecule has 2 saturated heterocycles. The zero-order valence-corrected chi connectivity index (χ0v) is 16.2. The third-order valence-corrected chi connectivity index (χ3v) is 6.84. The molecule has 0 aromatic heterocycles. The van der Waals surface area contributed by atoms with Gasteiger partial charge in [0, 0.05) is 25.4 Å². The van der Waals surface area contributed by atoms with E-state index in [0.29, 0.717) is 19.5 Å². The molecule has 1 N–H and O–H groups in total. The van der Waals surface area contributed by atoms with E-state index in [4.69, 9.17) is 0 Å². The number of benzene rings is 1. The van der Waals surface area contributed by atoms with Crippen molar-refractivity contribution in [2.45, 2.75) is 37.8 Å². The van der Waals surface area contributed by atoms with E-state index in [2.05, 4.69) is 0 Å². The summed E-state index contributed by atoms with van der Waals surface area (Å²) in [6.07, 6.45) is 5.54. The molecule has 2 aliphatic heterocycles. The molecular formula is C19H26N2O4S. The minimum atomic E-state index is -3.49. The van der Waals surface area contributed by atoms with Crippen molar-refractivity contribution in [1.82, 2.24) is 9.21 Å². The van der Waals surface area contributed by atoms with Crippen molar-refractivity contribution in [3.8, 4) is 0 Å². The number of nitrogens with zero attached hydrogens (tertiary/aromatic N) is 2. The molecule has 1 aromatic rings. The van der Waals surface area contributed by atoms with Gasteiger partial charge in [-0.2, -0.15) is 4.31 Å². The highest BCUT2D eigenvalue weighted by atomic mass is 32.2. The van der Waals surface area contributed by atoms with E-state index in [1.807, 2.05) is 43.3 Å². The molecule has 26 heavy (non-hydrogen) atoms. The molecule has 0 bridgehead atoms. The second-order valence-electron chi connectivity index (χ2n) is 7.16. The highest BCUT2D eigenvalue weighted by molar-refractivity contribution is 7.88. The molecular weight excluding hydrogens is 352 g/mol. The Hall–Kier alpha value is -1.70. The Morgan fingerprint density at radius 2 is 1.92 bits per heavy atom. The number of hydrogen-bond acceptors (Lipinski definition) is 4. The van der Waals surface area contributed by atoms with Crippen molar-refractivity contribution >= 4 is 22.0 Å². The van der Waals surface area contributed by atoms with Crippen molar-refractivity contribution < 1.29 is 18.3 Å². The molecule has 7 heteroatoms. The standard InChI is InChI=1S/C19H26N2O4S/c1-4-6-14-7-9-15(10-8-14)18-16(11-22)21(26(3,24)25)19(18)12-20(13-19)17(23)5-2/h4,6-10,16,18,22H,5,11-13H2,1-3H3/t16-,18+/m0/s1. The predicted octanol–water partition coefficient (Wildman–Crippen LogP) is 1.43. The summed E-state index contributed by atoms with van der Waals surface area (Å²) in [5, 5.41) is 9.87. The lowest BCUT2D eigenvalue weighted by atomic mass is 9.62. The Morgan fingerprint density at radius 3 is 2.38 bits per heavy atom. The second-order valence-corrected chi connectivity index (χ2v) is 9.02. The van der Waals surface area contributed by atoms with Gasteiger partial charge in [-0.15, -0.1) is 0 Å². The molecule has 1 aromatic carbocycles. The van der Waals surface area contributed by atoms with Crippen LogP contribution in [0.5, 0.6) is 0 Å². The number of aliphatic hydroxyl groups is 1. The lowest BCUT2D eigenvalue weighted by Crippen LogP contribution is -2.85. The average molecular weight is 378 g/mol. The number of hydrogen-bond donors (Lipinski definition) is 1. The first-order valence-corrected chi connectivity index (χ1v) is 10.7. The maximum atomic E-state index is 12.4. The highest BCUT2D eigenvalue weighted by Gasteiger charge is 2.69. The van der Waals surface area contributed by atoms with Gasteiger partial charge in [-0.3, -0.25) is 4.79 Å². The van der Waals surface area contributed by atoms with E-state index in [-0.39, 0.29) is 18.4 Å². The van der Waals surface area contributed by atoms with Crippen LogP contribution in [0.2, 0.25) is 0 Å². The fraction of sp³-hybridized carbons (Fsp3) is 0.526. The van der Waals surface area contributed by atoms with Crippen LogP contribution in [-0.2, 0) is 14.8 Å².